The highest BCUT2D eigenvalue weighted by atomic mass is 16.3. The lowest BCUT2D eigenvalue weighted by Crippen LogP contribution is -2.44. The highest BCUT2D eigenvalue weighted by Gasteiger charge is 2.24. The van der Waals surface area contributed by atoms with Gasteiger partial charge in [0.05, 0.1) is 12.1 Å². The number of phenolic OH excluding ortho intramolecular Hbond substituents is 1. The number of likely N-dealkylation sites (N-methyl/N-ethyl adjacent to an activating group) is 1. The number of carbonyl (C=O) groups is 1. The Morgan fingerprint density at radius 3 is 2.63 bits per heavy atom. The van der Waals surface area contributed by atoms with Crippen LogP contribution in [0.4, 0.5) is 0 Å². The molecule has 0 fully saturated rings. The third-order valence-electron chi connectivity index (χ3n) is 3.36. The molecule has 4 nitrogen and oxygen atoms in total. The Balaban J connectivity index is 2.87. The molecule has 0 saturated carbocycles. The number of hydrogen-bond acceptors (Lipinski definition) is 3. The number of rotatable bonds is 6. The predicted octanol–water partition coefficient (Wildman–Crippen LogP) is 2.43. The van der Waals surface area contributed by atoms with Crippen LogP contribution in [0.5, 0.6) is 5.75 Å². The zero-order valence-corrected chi connectivity index (χ0v) is 12.0. The van der Waals surface area contributed by atoms with Crippen molar-refractivity contribution in [3.05, 3.63) is 29.8 Å². The van der Waals surface area contributed by atoms with Crippen LogP contribution < -0.4 is 5.73 Å². The quantitative estimate of drug-likeness (QED) is 0.829. The van der Waals surface area contributed by atoms with Gasteiger partial charge in [-0.05, 0) is 38.0 Å². The second-order valence-electron chi connectivity index (χ2n) is 4.79. The average Bonchev–Trinajstić information content (AvgIpc) is 2.39. The maximum Gasteiger partial charge on any atom is 0.239 e. The number of carbonyl (C=O) groups excluding carboxylic acids is 1. The third kappa shape index (κ3) is 3.96. The Hall–Kier alpha value is -1.55. The van der Waals surface area contributed by atoms with Crippen LogP contribution in [0.3, 0.4) is 0 Å². The van der Waals surface area contributed by atoms with Gasteiger partial charge in [-0.1, -0.05) is 25.5 Å². The van der Waals surface area contributed by atoms with E-state index in [1.54, 1.807) is 23.1 Å². The topological polar surface area (TPSA) is 66.6 Å². The first kappa shape index (κ1) is 15.5. The minimum absolute atomic E-state index is 0.0276. The highest BCUT2D eigenvalue weighted by Crippen LogP contribution is 2.24. The molecule has 1 rings (SSSR count). The zero-order chi connectivity index (χ0) is 14.4. The van der Waals surface area contributed by atoms with E-state index in [1.165, 1.54) is 0 Å². The first-order chi connectivity index (χ1) is 9.01. The molecule has 1 aromatic carbocycles. The summed E-state index contributed by atoms with van der Waals surface area (Å²) in [6.45, 7) is 6.51. The van der Waals surface area contributed by atoms with Gasteiger partial charge in [-0.3, -0.25) is 4.79 Å². The van der Waals surface area contributed by atoms with Crippen molar-refractivity contribution in [3.8, 4) is 5.75 Å². The molecule has 2 unspecified atom stereocenters. The largest absolute Gasteiger partial charge is 0.508 e. The van der Waals surface area contributed by atoms with Gasteiger partial charge in [0.2, 0.25) is 5.91 Å². The Labute approximate surface area is 115 Å². The Morgan fingerprint density at radius 2 is 2.11 bits per heavy atom. The van der Waals surface area contributed by atoms with Gasteiger partial charge in [0.1, 0.15) is 5.75 Å². The number of nitrogens with zero attached hydrogens (tertiary/aromatic N) is 1. The molecule has 0 aliphatic carbocycles. The van der Waals surface area contributed by atoms with Crippen molar-refractivity contribution in [2.24, 2.45) is 5.73 Å². The van der Waals surface area contributed by atoms with Gasteiger partial charge in [0, 0.05) is 6.54 Å². The second kappa shape index (κ2) is 7.14. The van der Waals surface area contributed by atoms with Crippen LogP contribution in [0.25, 0.3) is 0 Å². The zero-order valence-electron chi connectivity index (χ0n) is 12.0. The van der Waals surface area contributed by atoms with Crippen LogP contribution in [0.2, 0.25) is 0 Å². The van der Waals surface area contributed by atoms with Crippen LogP contribution in [0.1, 0.15) is 45.2 Å². The van der Waals surface area contributed by atoms with Gasteiger partial charge in [0.25, 0.3) is 0 Å². The summed E-state index contributed by atoms with van der Waals surface area (Å²) in [5.41, 5.74) is 6.83. The van der Waals surface area contributed by atoms with E-state index in [4.69, 9.17) is 5.73 Å². The summed E-state index contributed by atoms with van der Waals surface area (Å²) in [7, 11) is 0. The van der Waals surface area contributed by atoms with Gasteiger partial charge >= 0.3 is 0 Å². The molecule has 19 heavy (non-hydrogen) atoms. The van der Waals surface area contributed by atoms with Gasteiger partial charge in [-0.25, -0.2) is 0 Å². The lowest BCUT2D eigenvalue weighted by molar-refractivity contribution is -0.134. The molecule has 0 aliphatic rings. The van der Waals surface area contributed by atoms with Gasteiger partial charge in [-0.15, -0.1) is 0 Å². The SMILES string of the molecule is CCCC(N)C(=O)N(CC)C(C)c1cccc(O)c1. The van der Waals surface area contributed by atoms with Crippen LogP contribution in [-0.2, 0) is 4.79 Å². The summed E-state index contributed by atoms with van der Waals surface area (Å²) in [4.78, 5) is 14.1. The summed E-state index contributed by atoms with van der Waals surface area (Å²) in [6, 6.07) is 6.47. The fraction of sp³-hybridized carbons (Fsp3) is 0.533. The van der Waals surface area contributed by atoms with Crippen molar-refractivity contribution in [3.63, 3.8) is 0 Å². The molecule has 0 saturated heterocycles. The predicted molar refractivity (Wildman–Crippen MR) is 76.8 cm³/mol. The molecule has 0 radical (unpaired) electrons. The van der Waals surface area contributed by atoms with E-state index in [2.05, 4.69) is 0 Å². The summed E-state index contributed by atoms with van der Waals surface area (Å²) in [6.07, 6.45) is 1.59. The molecule has 0 spiro atoms. The van der Waals surface area contributed by atoms with Crippen molar-refractivity contribution in [2.45, 2.75) is 45.7 Å². The standard InChI is InChI=1S/C15H24N2O2/c1-4-7-14(16)15(19)17(5-2)11(3)12-8-6-9-13(18)10-12/h6,8-11,14,18H,4-5,7,16H2,1-3H3. The first-order valence-corrected chi connectivity index (χ1v) is 6.86. The number of phenols is 1. The smallest absolute Gasteiger partial charge is 0.239 e. The van der Waals surface area contributed by atoms with E-state index in [-0.39, 0.29) is 17.7 Å². The Kier molecular flexibility index (Phi) is 5.83. The number of hydrogen-bond donors (Lipinski definition) is 2. The minimum atomic E-state index is -0.440. The Morgan fingerprint density at radius 1 is 1.42 bits per heavy atom. The van der Waals surface area contributed by atoms with Gasteiger partial charge in [0.15, 0.2) is 0 Å². The van der Waals surface area contributed by atoms with Crippen LogP contribution in [0, 0.1) is 0 Å². The van der Waals surface area contributed by atoms with Crippen LogP contribution >= 0.6 is 0 Å². The number of benzene rings is 1. The molecule has 2 atom stereocenters. The maximum atomic E-state index is 12.3. The minimum Gasteiger partial charge on any atom is -0.508 e. The molecule has 0 bridgehead atoms. The highest BCUT2D eigenvalue weighted by molar-refractivity contribution is 5.82. The monoisotopic (exact) mass is 264 g/mol. The normalized spacial score (nSPS) is 13.9. The lowest BCUT2D eigenvalue weighted by Gasteiger charge is -2.30. The Bertz CT molecular complexity index is 420. The van der Waals surface area contributed by atoms with Crippen molar-refractivity contribution in [2.75, 3.05) is 6.54 Å². The fourth-order valence-electron chi connectivity index (χ4n) is 2.23. The van der Waals surface area contributed by atoms with Gasteiger partial charge < -0.3 is 15.7 Å². The van der Waals surface area contributed by atoms with E-state index < -0.39 is 6.04 Å². The molecule has 0 heterocycles. The number of aromatic hydroxyl groups is 1. The van der Waals surface area contributed by atoms with Crippen molar-refractivity contribution in [1.29, 1.82) is 0 Å². The van der Waals surface area contributed by atoms with Crippen LogP contribution in [0.15, 0.2) is 24.3 Å². The lowest BCUT2D eigenvalue weighted by atomic mass is 10.0. The maximum absolute atomic E-state index is 12.3. The molecular formula is C15H24N2O2. The number of nitrogens with two attached hydrogens (primary N) is 1. The first-order valence-electron chi connectivity index (χ1n) is 6.86. The molecule has 3 N–H and O–H groups in total. The van der Waals surface area contributed by atoms with Crippen LogP contribution in [-0.4, -0.2) is 28.5 Å². The number of amides is 1. The molecule has 0 aromatic heterocycles. The summed E-state index contributed by atoms with van der Waals surface area (Å²) in [5.74, 6) is 0.186. The molecule has 0 aliphatic heterocycles. The van der Waals surface area contributed by atoms with E-state index in [9.17, 15) is 9.90 Å². The van der Waals surface area contributed by atoms with E-state index in [0.717, 1.165) is 12.0 Å². The van der Waals surface area contributed by atoms with E-state index >= 15 is 0 Å². The van der Waals surface area contributed by atoms with Crippen molar-refractivity contribution >= 4 is 5.91 Å². The van der Waals surface area contributed by atoms with Crippen molar-refractivity contribution < 1.29 is 9.90 Å². The van der Waals surface area contributed by atoms with E-state index in [1.807, 2.05) is 26.8 Å². The summed E-state index contributed by atoms with van der Waals surface area (Å²) < 4.78 is 0. The third-order valence-corrected chi connectivity index (χ3v) is 3.36. The van der Waals surface area contributed by atoms with E-state index in [0.29, 0.717) is 13.0 Å². The molecular weight excluding hydrogens is 240 g/mol. The van der Waals surface area contributed by atoms with Gasteiger partial charge in [-0.2, -0.15) is 0 Å². The molecule has 4 heteroatoms. The second-order valence-corrected chi connectivity index (χ2v) is 4.79. The molecule has 106 valence electrons. The summed E-state index contributed by atoms with van der Waals surface area (Å²) >= 11 is 0. The van der Waals surface area contributed by atoms with Crippen molar-refractivity contribution in [1.82, 2.24) is 4.90 Å². The molecule has 1 aromatic rings. The average molecular weight is 264 g/mol. The summed E-state index contributed by atoms with van der Waals surface area (Å²) in [5, 5.41) is 9.52. The molecule has 1 amide bonds. The fourth-order valence-corrected chi connectivity index (χ4v) is 2.23.